The first-order valence-corrected chi connectivity index (χ1v) is 16.2. The number of nitrogen functional groups attached to an aromatic ring is 2. The highest BCUT2D eigenvalue weighted by atomic mass is 16.6. The molecule has 0 aliphatic rings. The number of non-ortho nitro benzene ring substituents is 2. The molecule has 5 rings (SSSR count). The summed E-state index contributed by atoms with van der Waals surface area (Å²) < 4.78 is 4.18. The molecule has 5 aromatic rings. The van der Waals surface area contributed by atoms with E-state index in [2.05, 4.69) is 36.6 Å². The van der Waals surface area contributed by atoms with Gasteiger partial charge in [-0.1, -0.05) is 40.5 Å². The number of carbonyl (C=O) groups is 2. The molecule has 0 saturated heterocycles. The van der Waals surface area contributed by atoms with E-state index in [1.54, 1.807) is 24.3 Å². The maximum Gasteiger partial charge on any atom is 0.373 e. The molecule has 3 aromatic carbocycles. The second-order valence-electron chi connectivity index (χ2n) is 11.3. The van der Waals surface area contributed by atoms with Crippen LogP contribution >= 0.6 is 0 Å². The summed E-state index contributed by atoms with van der Waals surface area (Å²) in [7, 11) is 0. The zero-order chi connectivity index (χ0) is 44.1. The van der Waals surface area contributed by atoms with Crippen LogP contribution in [0.2, 0.25) is 0 Å². The summed E-state index contributed by atoms with van der Waals surface area (Å²) in [6, 6.07) is 28.7. The Bertz CT molecular complexity index is 2090. The minimum atomic E-state index is -0.476. The fraction of sp³-hybridized carbons (Fsp3) is 0.262. The average molecular weight is 835 g/mol. The van der Waals surface area contributed by atoms with Gasteiger partial charge in [0.1, 0.15) is 11.6 Å². The highest BCUT2D eigenvalue weighted by Gasteiger charge is 2.09. The largest absolute Gasteiger partial charge is 0.399 e. The number of hydrogen-bond donors (Lipinski definition) is 2. The van der Waals surface area contributed by atoms with Crippen LogP contribution < -0.4 is 11.5 Å². The maximum atomic E-state index is 10.7. The smallest absolute Gasteiger partial charge is 0.373 e. The zero-order valence-corrected chi connectivity index (χ0v) is 32.0. The van der Waals surface area contributed by atoms with Gasteiger partial charge in [-0.3, -0.25) is 20.2 Å². The first-order valence-electron chi connectivity index (χ1n) is 16.2. The summed E-state index contributed by atoms with van der Waals surface area (Å²) in [5.74, 6) is 0.167. The molecule has 2 aromatic heterocycles. The molecule has 18 nitrogen and oxygen atoms in total. The topological polar surface area (TPSA) is 285 Å². The number of nitrogens with zero attached hydrogens (tertiary/aromatic N) is 4. The van der Waals surface area contributed by atoms with Gasteiger partial charge in [0, 0.05) is 76.9 Å². The molecule has 0 atom stereocenters. The molecule has 4 N–H and O–H groups in total. The second kappa shape index (κ2) is 34.4. The van der Waals surface area contributed by atoms with Crippen LogP contribution in [-0.2, 0) is 38.4 Å². The number of rotatable bonds is 7. The first-order chi connectivity index (χ1) is 26.8. The lowest BCUT2D eigenvalue weighted by Crippen LogP contribution is -1.99. The highest BCUT2D eigenvalue weighted by molar-refractivity contribution is 5.83. The van der Waals surface area contributed by atoms with Crippen LogP contribution in [0.4, 0.5) is 22.7 Å². The number of hydrogen-bond acceptors (Lipinski definition) is 14. The molecule has 2 heterocycles. The lowest BCUT2D eigenvalue weighted by molar-refractivity contribution is -0.385. The molecule has 0 amide bonds. The Balaban J connectivity index is -0.000000211. The number of benzene rings is 3. The monoisotopic (exact) mass is 834 g/mol. The lowest BCUT2D eigenvalue weighted by Gasteiger charge is -2.09. The van der Waals surface area contributed by atoms with Gasteiger partial charge in [0.2, 0.25) is 0 Å². The van der Waals surface area contributed by atoms with Crippen LogP contribution in [0.3, 0.4) is 0 Å². The molecular weight excluding hydrogens is 780 g/mol. The molecule has 0 fully saturated rings. The van der Waals surface area contributed by atoms with E-state index in [-0.39, 0.29) is 68.6 Å². The first kappa shape index (κ1) is 61.3. The number of nitro benzene ring substituents is 2. The highest BCUT2D eigenvalue weighted by Crippen LogP contribution is 2.21. The number of anilines is 2. The zero-order valence-electron chi connectivity index (χ0n) is 32.0. The quantitative estimate of drug-likeness (QED) is 0.0893. The number of aromatic nitrogens is 2. The Morgan fingerprint density at radius 3 is 1.05 bits per heavy atom. The van der Waals surface area contributed by atoms with Crippen LogP contribution in [0.5, 0.6) is 0 Å². The van der Waals surface area contributed by atoms with Gasteiger partial charge in [0.05, 0.1) is 15.5 Å². The van der Waals surface area contributed by atoms with E-state index < -0.39 is 4.92 Å². The number of nitrogens with two attached hydrogens (primary N) is 2. The molecule has 324 valence electrons. The summed E-state index contributed by atoms with van der Waals surface area (Å²) in [5.41, 5.74) is 19.0. The van der Waals surface area contributed by atoms with Crippen molar-refractivity contribution in [2.45, 2.75) is 76.7 Å². The summed E-state index contributed by atoms with van der Waals surface area (Å²) in [6.07, 6.45) is 1.55. The fourth-order valence-electron chi connectivity index (χ4n) is 4.55. The summed E-state index contributed by atoms with van der Waals surface area (Å²) in [5, 5.41) is 20.8. The molecule has 60 heavy (non-hydrogen) atoms. The van der Waals surface area contributed by atoms with Crippen molar-refractivity contribution < 1.29 is 48.2 Å². The number of carbonyl (C=O) groups excluding carboxylic acids is 8. The van der Waals surface area contributed by atoms with E-state index >= 15 is 0 Å². The molecule has 0 unspecified atom stereocenters. The van der Waals surface area contributed by atoms with Gasteiger partial charge >= 0.3 is 18.5 Å². The number of ketones is 2. The molecule has 18 heteroatoms. The molecule has 0 aliphatic carbocycles. The molecule has 0 bridgehead atoms. The van der Waals surface area contributed by atoms with Crippen molar-refractivity contribution in [3.05, 3.63) is 140 Å². The van der Waals surface area contributed by atoms with E-state index in [1.165, 1.54) is 43.4 Å². The Labute approximate surface area is 349 Å². The van der Waals surface area contributed by atoms with Crippen molar-refractivity contribution in [2.24, 2.45) is 0 Å². The summed E-state index contributed by atoms with van der Waals surface area (Å²) in [4.78, 5) is 89.1. The number of aryl methyl sites for hydroxylation is 4. The summed E-state index contributed by atoms with van der Waals surface area (Å²) in [6.45, 7) is 11.1. The Kier molecular flexibility index (Phi) is 35.1. The Morgan fingerprint density at radius 1 is 0.517 bits per heavy atom. The maximum absolute atomic E-state index is 10.7. The van der Waals surface area contributed by atoms with Crippen molar-refractivity contribution in [2.75, 3.05) is 11.5 Å². The van der Waals surface area contributed by atoms with Crippen molar-refractivity contribution in [3.8, 4) is 11.4 Å². The van der Waals surface area contributed by atoms with Gasteiger partial charge < -0.3 is 30.2 Å². The third kappa shape index (κ3) is 25.3. The van der Waals surface area contributed by atoms with E-state index in [1.807, 2.05) is 54.8 Å². The average Bonchev–Trinajstić information content (AvgIpc) is 3.67. The minimum absolute atomic E-state index is 0. The van der Waals surface area contributed by atoms with Gasteiger partial charge in [0.15, 0.2) is 0 Å². The molecule has 0 radical (unpaired) electrons. The van der Waals surface area contributed by atoms with Crippen LogP contribution in [0.25, 0.3) is 11.4 Å². The van der Waals surface area contributed by atoms with E-state index in [0.29, 0.717) is 18.5 Å². The molecule has 0 spiro atoms. The van der Waals surface area contributed by atoms with E-state index in [9.17, 15) is 29.8 Å². The van der Waals surface area contributed by atoms with Crippen molar-refractivity contribution in [1.29, 1.82) is 0 Å². The standard InChI is InChI=1S/C12H12N2O2.C12H14N2.C6H6N2O2.C6H10O2.3CO2.3CH4/c1-9-6-7-10(2)13(9)11-4-3-5-12(8-11)14(15)16;1-9-6-7-10(2)14(9)12-5-3-4-11(13)8-12;7-5-2-1-3-6(4-5)8(9)10;1-5(7)3-4-6(2)8;3*2-1-3;;;/h3-8H,1-2H3;3-8H,13H2,1-2H3;1-4H,7H2;3-4H2,1-2H3;;;;3*1H4. The Morgan fingerprint density at radius 2 is 0.783 bits per heavy atom. The third-order valence-corrected chi connectivity index (χ3v) is 6.88. The van der Waals surface area contributed by atoms with Gasteiger partial charge in [-0.15, -0.1) is 0 Å². The van der Waals surface area contributed by atoms with Crippen molar-refractivity contribution in [3.63, 3.8) is 0 Å². The van der Waals surface area contributed by atoms with Crippen molar-refractivity contribution >= 4 is 52.8 Å². The minimum Gasteiger partial charge on any atom is -0.399 e. The number of nitro groups is 2. The molecule has 0 aliphatic heterocycles. The third-order valence-electron chi connectivity index (χ3n) is 6.88. The predicted octanol–water partition coefficient (Wildman–Crippen LogP) is 7.96. The van der Waals surface area contributed by atoms with Crippen LogP contribution in [-0.4, -0.2) is 49.0 Å². The van der Waals surface area contributed by atoms with Gasteiger partial charge in [-0.25, -0.2) is 0 Å². The van der Waals surface area contributed by atoms with Gasteiger partial charge in [-0.2, -0.15) is 28.8 Å². The molecule has 0 saturated carbocycles. The van der Waals surface area contributed by atoms with Crippen LogP contribution in [0.15, 0.2) is 97.1 Å². The van der Waals surface area contributed by atoms with E-state index in [0.717, 1.165) is 28.5 Å². The van der Waals surface area contributed by atoms with Crippen LogP contribution in [0.1, 0.15) is 71.7 Å². The van der Waals surface area contributed by atoms with E-state index in [4.69, 9.17) is 40.2 Å². The SMILES string of the molecule is C.C.C.CC(=O)CCC(C)=O.Cc1ccc(C)n1-c1cccc(N)c1.Cc1ccc(C)n1-c1cccc([N+](=O)[O-])c1.Nc1cccc([N+](=O)[O-])c1.O=C=O.O=C=O.O=C=O. The van der Waals surface area contributed by atoms with Gasteiger partial charge in [-0.05, 0) is 96.1 Å². The fourth-order valence-corrected chi connectivity index (χ4v) is 4.55. The molecular formula is C42H54N6O12. The predicted molar refractivity (Wildman–Crippen MR) is 225 cm³/mol. The lowest BCUT2D eigenvalue weighted by atomic mass is 10.2. The van der Waals surface area contributed by atoms with Gasteiger partial charge in [0.25, 0.3) is 11.4 Å². The Hall–Kier alpha value is -7.90. The normalized spacial score (nSPS) is 8.30. The summed E-state index contributed by atoms with van der Waals surface area (Å²) >= 11 is 0. The van der Waals surface area contributed by atoms with Crippen molar-refractivity contribution in [1.82, 2.24) is 9.13 Å². The number of Topliss-reactive ketones (excluding diaryl/α,β-unsaturated/α-hetero) is 2. The van der Waals surface area contributed by atoms with Crippen LogP contribution in [0, 0.1) is 47.9 Å². The second-order valence-corrected chi connectivity index (χ2v) is 11.3.